The van der Waals surface area contributed by atoms with Crippen LogP contribution in [-0.2, 0) is 33.3 Å². The standard InChI is InChI=1S/C39H57IN2O9/c1-6-8-10-19-39(20-11-9-7-2)49-32-24-27(23-31(34(32)51-39)48-37(47)26-14-12-15-28(40)22-26)36(46)42-21-13-16-30(42)35(45)41-29(25-43)17-18-33(44)50-38(3,4)5/h12,14-15,22,24,29-32,34,43H,6-11,13,16-21,23,25H2,1-5H3,(H,41,45). The Morgan fingerprint density at radius 2 is 1.78 bits per heavy atom. The van der Waals surface area contributed by atoms with Crippen LogP contribution in [0.2, 0.25) is 0 Å². The van der Waals surface area contributed by atoms with E-state index in [4.69, 9.17) is 18.9 Å². The molecule has 2 amide bonds. The van der Waals surface area contributed by atoms with Gasteiger partial charge in [0.2, 0.25) is 11.8 Å². The Hall–Kier alpha value is -2.55. The molecule has 0 spiro atoms. The molecule has 2 fully saturated rings. The number of amides is 2. The van der Waals surface area contributed by atoms with Crippen LogP contribution in [0, 0.1) is 3.57 Å². The summed E-state index contributed by atoms with van der Waals surface area (Å²) in [6, 6.07) is 5.75. The highest BCUT2D eigenvalue weighted by Crippen LogP contribution is 2.43. The first-order valence-electron chi connectivity index (χ1n) is 18.7. The van der Waals surface area contributed by atoms with E-state index < -0.39 is 53.7 Å². The summed E-state index contributed by atoms with van der Waals surface area (Å²) in [6.45, 7) is 9.68. The van der Waals surface area contributed by atoms with E-state index in [1.165, 1.54) is 0 Å². The molecule has 2 saturated heterocycles. The molecule has 0 radical (unpaired) electrons. The van der Waals surface area contributed by atoms with E-state index in [0.717, 1.165) is 42.1 Å². The number of likely N-dealkylation sites (tertiary alicyclic amines) is 1. The number of ether oxygens (including phenoxy) is 4. The van der Waals surface area contributed by atoms with Crippen molar-refractivity contribution in [3.8, 4) is 0 Å². The average molecular weight is 825 g/mol. The van der Waals surface area contributed by atoms with Gasteiger partial charge in [-0.05, 0) is 99.7 Å². The number of hydrogen-bond acceptors (Lipinski definition) is 9. The Kier molecular flexibility index (Phi) is 15.3. The van der Waals surface area contributed by atoms with Gasteiger partial charge in [0, 0.05) is 41.4 Å². The van der Waals surface area contributed by atoms with Gasteiger partial charge in [-0.3, -0.25) is 14.4 Å². The first kappa shape index (κ1) is 41.2. The number of nitrogens with one attached hydrogen (secondary N) is 1. The van der Waals surface area contributed by atoms with Crippen LogP contribution in [-0.4, -0.2) is 88.7 Å². The van der Waals surface area contributed by atoms with Gasteiger partial charge in [-0.15, -0.1) is 0 Å². The minimum atomic E-state index is -0.837. The molecular weight excluding hydrogens is 767 g/mol. The van der Waals surface area contributed by atoms with Crippen molar-refractivity contribution in [1.29, 1.82) is 0 Å². The SMILES string of the molecule is CCCCCC1(CCCCC)OC2C=C(C(=O)N3CCCC3C(=O)NC(CO)CCC(=O)OC(C)(C)C)CC(OC(=O)c3cccc(I)c3)C2O1. The summed E-state index contributed by atoms with van der Waals surface area (Å²) < 4.78 is 25.9. The van der Waals surface area contributed by atoms with Crippen LogP contribution in [0.4, 0.5) is 0 Å². The molecule has 284 valence electrons. The van der Waals surface area contributed by atoms with E-state index in [0.29, 0.717) is 43.4 Å². The lowest BCUT2D eigenvalue weighted by Crippen LogP contribution is -2.51. The van der Waals surface area contributed by atoms with Gasteiger partial charge in [-0.1, -0.05) is 45.6 Å². The lowest BCUT2D eigenvalue weighted by atomic mass is 9.91. The van der Waals surface area contributed by atoms with Crippen LogP contribution in [0.5, 0.6) is 0 Å². The Bertz CT molecular complexity index is 1380. The second-order valence-corrected chi connectivity index (χ2v) is 16.3. The summed E-state index contributed by atoms with van der Waals surface area (Å²) in [7, 11) is 0. The normalized spacial score (nSPS) is 23.3. The Morgan fingerprint density at radius 3 is 2.41 bits per heavy atom. The van der Waals surface area contributed by atoms with Gasteiger partial charge in [0.25, 0.3) is 0 Å². The maximum atomic E-state index is 14.3. The number of nitrogens with zero attached hydrogens (tertiary/aromatic N) is 1. The van der Waals surface area contributed by atoms with Crippen molar-refractivity contribution in [1.82, 2.24) is 10.2 Å². The van der Waals surface area contributed by atoms with Crippen molar-refractivity contribution in [3.63, 3.8) is 0 Å². The molecule has 4 rings (SSSR count). The molecule has 12 heteroatoms. The molecule has 0 bridgehead atoms. The Labute approximate surface area is 316 Å². The van der Waals surface area contributed by atoms with E-state index in [2.05, 4.69) is 41.8 Å². The predicted octanol–water partition coefficient (Wildman–Crippen LogP) is 6.38. The monoisotopic (exact) mass is 824 g/mol. The molecule has 3 aliphatic rings. The molecule has 11 nitrogen and oxygen atoms in total. The summed E-state index contributed by atoms with van der Waals surface area (Å²) in [5.41, 5.74) is 0.201. The second-order valence-electron chi connectivity index (χ2n) is 15.0. The lowest BCUT2D eigenvalue weighted by Gasteiger charge is -2.33. The first-order chi connectivity index (χ1) is 24.3. The molecule has 2 N–H and O–H groups in total. The topological polar surface area (TPSA) is 141 Å². The summed E-state index contributed by atoms with van der Waals surface area (Å²) in [5, 5.41) is 12.8. The number of benzene rings is 1. The number of halogens is 1. The highest BCUT2D eigenvalue weighted by molar-refractivity contribution is 14.1. The van der Waals surface area contributed by atoms with Gasteiger partial charge in [0.15, 0.2) is 5.79 Å². The third kappa shape index (κ3) is 11.7. The molecule has 1 aromatic rings. The van der Waals surface area contributed by atoms with Gasteiger partial charge >= 0.3 is 11.9 Å². The zero-order valence-corrected chi connectivity index (χ0v) is 33.1. The highest BCUT2D eigenvalue weighted by Gasteiger charge is 2.53. The van der Waals surface area contributed by atoms with Crippen LogP contribution in [0.1, 0.15) is 128 Å². The van der Waals surface area contributed by atoms with Gasteiger partial charge in [-0.2, -0.15) is 0 Å². The highest BCUT2D eigenvalue weighted by atomic mass is 127. The van der Waals surface area contributed by atoms with Crippen LogP contribution >= 0.6 is 22.6 Å². The molecule has 2 heterocycles. The minimum Gasteiger partial charge on any atom is -0.460 e. The Morgan fingerprint density at radius 1 is 1.08 bits per heavy atom. The quantitative estimate of drug-likeness (QED) is 0.104. The molecule has 0 aromatic heterocycles. The third-order valence-corrected chi connectivity index (χ3v) is 10.3. The number of aliphatic hydroxyl groups is 1. The number of rotatable bonds is 17. The van der Waals surface area contributed by atoms with E-state index in [-0.39, 0.29) is 37.7 Å². The summed E-state index contributed by atoms with van der Waals surface area (Å²) in [6.07, 6.45) is 8.79. The van der Waals surface area contributed by atoms with Crippen molar-refractivity contribution in [2.45, 2.75) is 160 Å². The van der Waals surface area contributed by atoms with Crippen LogP contribution in [0.3, 0.4) is 0 Å². The fraction of sp³-hybridized carbons (Fsp3) is 0.692. The average Bonchev–Trinajstić information content (AvgIpc) is 3.71. The van der Waals surface area contributed by atoms with E-state index in [1.807, 2.05) is 12.1 Å². The third-order valence-electron chi connectivity index (χ3n) is 9.59. The number of aliphatic hydroxyl groups excluding tert-OH is 1. The molecule has 51 heavy (non-hydrogen) atoms. The van der Waals surface area contributed by atoms with Crippen molar-refractivity contribution < 1.29 is 43.2 Å². The summed E-state index contributed by atoms with van der Waals surface area (Å²) >= 11 is 2.15. The maximum Gasteiger partial charge on any atom is 0.338 e. The second kappa shape index (κ2) is 19.0. The van der Waals surface area contributed by atoms with Crippen molar-refractivity contribution >= 4 is 46.3 Å². The van der Waals surface area contributed by atoms with Crippen LogP contribution in [0.15, 0.2) is 35.9 Å². The van der Waals surface area contributed by atoms with E-state index in [9.17, 15) is 24.3 Å². The van der Waals surface area contributed by atoms with Gasteiger partial charge < -0.3 is 34.3 Å². The number of esters is 2. The maximum absolute atomic E-state index is 14.3. The molecule has 1 aliphatic carbocycles. The zero-order valence-electron chi connectivity index (χ0n) is 30.9. The zero-order chi connectivity index (χ0) is 37.2. The minimum absolute atomic E-state index is 0.0359. The number of hydrogen-bond donors (Lipinski definition) is 2. The fourth-order valence-corrected chi connectivity index (χ4v) is 7.61. The number of carbonyl (C=O) groups excluding carboxylic acids is 4. The largest absolute Gasteiger partial charge is 0.460 e. The van der Waals surface area contributed by atoms with E-state index >= 15 is 0 Å². The van der Waals surface area contributed by atoms with Gasteiger partial charge in [0.05, 0.1) is 18.2 Å². The molecule has 2 aliphatic heterocycles. The lowest BCUT2D eigenvalue weighted by molar-refractivity contribution is -0.190. The summed E-state index contributed by atoms with van der Waals surface area (Å²) in [5.74, 6) is -2.44. The fourth-order valence-electron chi connectivity index (χ4n) is 7.07. The molecule has 5 atom stereocenters. The van der Waals surface area contributed by atoms with E-state index in [1.54, 1.807) is 43.9 Å². The van der Waals surface area contributed by atoms with Gasteiger partial charge in [-0.25, -0.2) is 4.79 Å². The van der Waals surface area contributed by atoms with Gasteiger partial charge in [0.1, 0.15) is 30.0 Å². The number of carbonyl (C=O) groups is 4. The predicted molar refractivity (Wildman–Crippen MR) is 201 cm³/mol. The van der Waals surface area contributed by atoms with Crippen molar-refractivity contribution in [2.24, 2.45) is 0 Å². The van der Waals surface area contributed by atoms with Crippen LogP contribution < -0.4 is 5.32 Å². The smallest absolute Gasteiger partial charge is 0.338 e. The number of unbranched alkanes of at least 4 members (excludes halogenated alkanes) is 4. The van der Waals surface area contributed by atoms with Crippen molar-refractivity contribution in [2.75, 3.05) is 13.2 Å². The Balaban J connectivity index is 1.53. The molecule has 5 unspecified atom stereocenters. The van der Waals surface area contributed by atoms with Crippen molar-refractivity contribution in [3.05, 3.63) is 45.0 Å². The molecular formula is C39H57IN2O9. The summed E-state index contributed by atoms with van der Waals surface area (Å²) in [4.78, 5) is 55.1. The van der Waals surface area contributed by atoms with Crippen LogP contribution in [0.25, 0.3) is 0 Å². The molecule has 1 aromatic carbocycles. The molecule has 0 saturated carbocycles. The first-order valence-corrected chi connectivity index (χ1v) is 19.8. The number of fused-ring (bicyclic) bond motifs is 1.